The molecule has 0 aliphatic carbocycles. The second-order valence-corrected chi connectivity index (χ2v) is 5.26. The topological polar surface area (TPSA) is 43.7 Å². The maximum Gasteiger partial charge on any atom is 0.120 e. The fraction of sp³-hybridized carbons (Fsp3) is 0.294. The smallest absolute Gasteiger partial charge is 0.120 e. The van der Waals surface area contributed by atoms with Crippen molar-refractivity contribution in [1.29, 1.82) is 0 Å². The number of para-hydroxylation sites is 2. The molecule has 0 radical (unpaired) electrons. The van der Waals surface area contributed by atoms with Crippen molar-refractivity contribution >= 4 is 0 Å². The second-order valence-electron chi connectivity index (χ2n) is 5.26. The van der Waals surface area contributed by atoms with Crippen molar-refractivity contribution in [2.45, 2.75) is 18.9 Å². The number of aromatic hydroxyl groups is 2. The van der Waals surface area contributed by atoms with E-state index in [2.05, 4.69) is 4.90 Å². The lowest BCUT2D eigenvalue weighted by Crippen LogP contribution is -2.26. The summed E-state index contributed by atoms with van der Waals surface area (Å²) in [6.07, 6.45) is 2.33. The van der Waals surface area contributed by atoms with Crippen molar-refractivity contribution in [3.8, 4) is 11.5 Å². The van der Waals surface area contributed by atoms with Gasteiger partial charge in [-0.3, -0.25) is 4.90 Å². The van der Waals surface area contributed by atoms with Gasteiger partial charge in [0.15, 0.2) is 0 Å². The van der Waals surface area contributed by atoms with Gasteiger partial charge in [-0.2, -0.15) is 0 Å². The number of phenols is 2. The van der Waals surface area contributed by atoms with E-state index in [0.29, 0.717) is 0 Å². The highest BCUT2D eigenvalue weighted by molar-refractivity contribution is 5.45. The van der Waals surface area contributed by atoms with Gasteiger partial charge in [0, 0.05) is 11.1 Å². The van der Waals surface area contributed by atoms with Gasteiger partial charge in [-0.1, -0.05) is 36.4 Å². The van der Waals surface area contributed by atoms with Gasteiger partial charge < -0.3 is 10.2 Å². The Balaban J connectivity index is 2.09. The van der Waals surface area contributed by atoms with Crippen LogP contribution in [0.1, 0.15) is 30.0 Å². The van der Waals surface area contributed by atoms with Crippen LogP contribution >= 0.6 is 0 Å². The largest absolute Gasteiger partial charge is 0.508 e. The third-order valence-electron chi connectivity index (χ3n) is 3.97. The summed E-state index contributed by atoms with van der Waals surface area (Å²) in [5.41, 5.74) is 1.71. The highest BCUT2D eigenvalue weighted by Crippen LogP contribution is 2.39. The predicted octanol–water partition coefficient (Wildman–Crippen LogP) is 3.28. The van der Waals surface area contributed by atoms with Crippen molar-refractivity contribution in [3.63, 3.8) is 0 Å². The SMILES string of the molecule is Oc1ccccc1C(c1ccccc1O)N1CCCC1. The molecular formula is C17H19NO2. The zero-order valence-electron chi connectivity index (χ0n) is 11.4. The first-order valence-corrected chi connectivity index (χ1v) is 7.07. The molecule has 3 nitrogen and oxygen atoms in total. The highest BCUT2D eigenvalue weighted by Gasteiger charge is 2.28. The fourth-order valence-corrected chi connectivity index (χ4v) is 3.00. The molecule has 2 aromatic carbocycles. The number of likely N-dealkylation sites (tertiary alicyclic amines) is 1. The second kappa shape index (κ2) is 5.55. The predicted molar refractivity (Wildman–Crippen MR) is 78.9 cm³/mol. The van der Waals surface area contributed by atoms with E-state index in [1.807, 2.05) is 36.4 Å². The Kier molecular flexibility index (Phi) is 3.61. The van der Waals surface area contributed by atoms with Gasteiger partial charge in [0.2, 0.25) is 0 Å². The van der Waals surface area contributed by atoms with E-state index in [0.717, 1.165) is 37.1 Å². The summed E-state index contributed by atoms with van der Waals surface area (Å²) >= 11 is 0. The number of hydrogen-bond acceptors (Lipinski definition) is 3. The van der Waals surface area contributed by atoms with Gasteiger partial charge in [-0.25, -0.2) is 0 Å². The number of nitrogens with zero attached hydrogens (tertiary/aromatic N) is 1. The first kappa shape index (κ1) is 13.0. The van der Waals surface area contributed by atoms with Crippen LogP contribution in [0.2, 0.25) is 0 Å². The fourth-order valence-electron chi connectivity index (χ4n) is 3.00. The zero-order valence-corrected chi connectivity index (χ0v) is 11.4. The van der Waals surface area contributed by atoms with Crippen molar-refractivity contribution in [1.82, 2.24) is 4.90 Å². The molecule has 1 saturated heterocycles. The maximum absolute atomic E-state index is 10.2. The Labute approximate surface area is 119 Å². The van der Waals surface area contributed by atoms with E-state index < -0.39 is 0 Å². The molecule has 0 amide bonds. The first-order chi connectivity index (χ1) is 9.77. The zero-order chi connectivity index (χ0) is 13.9. The molecule has 0 saturated carbocycles. The molecule has 2 aromatic rings. The summed E-state index contributed by atoms with van der Waals surface area (Å²) in [6.45, 7) is 1.99. The van der Waals surface area contributed by atoms with Crippen molar-refractivity contribution in [3.05, 3.63) is 59.7 Å². The average Bonchev–Trinajstić information content (AvgIpc) is 2.97. The minimum Gasteiger partial charge on any atom is -0.508 e. The maximum atomic E-state index is 10.2. The van der Waals surface area contributed by atoms with E-state index in [1.54, 1.807) is 12.1 Å². The van der Waals surface area contributed by atoms with Crippen molar-refractivity contribution in [2.24, 2.45) is 0 Å². The Morgan fingerprint density at radius 3 is 1.65 bits per heavy atom. The molecule has 104 valence electrons. The van der Waals surface area contributed by atoms with Gasteiger partial charge >= 0.3 is 0 Å². The highest BCUT2D eigenvalue weighted by atomic mass is 16.3. The number of rotatable bonds is 3. The first-order valence-electron chi connectivity index (χ1n) is 7.07. The molecule has 0 unspecified atom stereocenters. The van der Waals surface area contributed by atoms with Crippen molar-refractivity contribution < 1.29 is 10.2 Å². The monoisotopic (exact) mass is 269 g/mol. The molecule has 0 bridgehead atoms. The lowest BCUT2D eigenvalue weighted by atomic mass is 9.95. The van der Waals surface area contributed by atoms with Gasteiger partial charge in [0.05, 0.1) is 6.04 Å². The van der Waals surface area contributed by atoms with E-state index in [1.165, 1.54) is 0 Å². The summed E-state index contributed by atoms with van der Waals surface area (Å²) in [6, 6.07) is 14.7. The van der Waals surface area contributed by atoms with Gasteiger partial charge in [0.25, 0.3) is 0 Å². The third kappa shape index (κ3) is 2.37. The van der Waals surface area contributed by atoms with Crippen LogP contribution in [0.15, 0.2) is 48.5 Å². The molecular weight excluding hydrogens is 250 g/mol. The van der Waals surface area contributed by atoms with Crippen LogP contribution in [-0.2, 0) is 0 Å². The molecule has 1 heterocycles. The normalized spacial score (nSPS) is 15.8. The molecule has 0 atom stereocenters. The molecule has 1 aliphatic rings. The van der Waals surface area contributed by atoms with Gasteiger partial charge in [-0.05, 0) is 38.1 Å². The summed E-state index contributed by atoms with van der Waals surface area (Å²) in [4.78, 5) is 2.32. The minimum atomic E-state index is -0.0834. The molecule has 0 spiro atoms. The van der Waals surface area contributed by atoms with Gasteiger partial charge in [0.1, 0.15) is 11.5 Å². The molecule has 2 N–H and O–H groups in total. The van der Waals surface area contributed by atoms with Crippen LogP contribution in [0.5, 0.6) is 11.5 Å². The van der Waals surface area contributed by atoms with Crippen LogP contribution < -0.4 is 0 Å². The molecule has 0 aromatic heterocycles. The summed E-state index contributed by atoms with van der Waals surface area (Å²) in [5, 5.41) is 20.4. The molecule has 1 fully saturated rings. The minimum absolute atomic E-state index is 0.0834. The van der Waals surface area contributed by atoms with Crippen molar-refractivity contribution in [2.75, 3.05) is 13.1 Å². The third-order valence-corrected chi connectivity index (χ3v) is 3.97. The van der Waals surface area contributed by atoms with Crippen LogP contribution in [-0.4, -0.2) is 28.2 Å². The van der Waals surface area contributed by atoms with Crippen LogP contribution in [0.4, 0.5) is 0 Å². The van der Waals surface area contributed by atoms with Crippen LogP contribution in [0.25, 0.3) is 0 Å². The van der Waals surface area contributed by atoms with E-state index >= 15 is 0 Å². The standard InChI is InChI=1S/C17H19NO2/c19-15-9-3-1-7-13(15)17(18-11-5-6-12-18)14-8-2-4-10-16(14)20/h1-4,7-10,17,19-20H,5-6,11-12H2. The number of phenolic OH excluding ortho intramolecular Hbond substituents is 2. The Hall–Kier alpha value is -2.00. The van der Waals surface area contributed by atoms with E-state index in [-0.39, 0.29) is 17.5 Å². The Morgan fingerprint density at radius 1 is 0.750 bits per heavy atom. The molecule has 20 heavy (non-hydrogen) atoms. The Bertz CT molecular complexity index is 546. The number of hydrogen-bond donors (Lipinski definition) is 2. The van der Waals surface area contributed by atoms with E-state index in [9.17, 15) is 10.2 Å². The average molecular weight is 269 g/mol. The Morgan fingerprint density at radius 2 is 1.20 bits per heavy atom. The molecule has 1 aliphatic heterocycles. The lowest BCUT2D eigenvalue weighted by molar-refractivity contribution is 0.270. The summed E-state index contributed by atoms with van der Waals surface area (Å²) in [5.74, 6) is 0.570. The number of benzene rings is 2. The lowest BCUT2D eigenvalue weighted by Gasteiger charge is -2.29. The van der Waals surface area contributed by atoms with Gasteiger partial charge in [-0.15, -0.1) is 0 Å². The molecule has 3 heteroatoms. The van der Waals surface area contributed by atoms with Crippen LogP contribution in [0, 0.1) is 0 Å². The summed E-state index contributed by atoms with van der Waals surface area (Å²) < 4.78 is 0. The quantitative estimate of drug-likeness (QED) is 0.898. The van der Waals surface area contributed by atoms with Crippen LogP contribution in [0.3, 0.4) is 0 Å². The summed E-state index contributed by atoms with van der Waals surface area (Å²) in [7, 11) is 0. The molecule has 3 rings (SSSR count). The van der Waals surface area contributed by atoms with E-state index in [4.69, 9.17) is 0 Å².